The van der Waals surface area contributed by atoms with E-state index in [2.05, 4.69) is 5.10 Å². The van der Waals surface area contributed by atoms with E-state index in [1.165, 1.54) is 6.07 Å². The summed E-state index contributed by atoms with van der Waals surface area (Å²) in [5.41, 5.74) is 1.51. The molecule has 4 heteroatoms. The Morgan fingerprint density at radius 3 is 2.71 bits per heavy atom. The van der Waals surface area contributed by atoms with E-state index in [9.17, 15) is 4.39 Å². The number of rotatable bonds is 2. The van der Waals surface area contributed by atoms with Crippen molar-refractivity contribution in [2.75, 3.05) is 0 Å². The Hall–Kier alpha value is -2.15. The summed E-state index contributed by atoms with van der Waals surface area (Å²) in [6.07, 6.45) is 3.43. The molecule has 3 nitrogen and oxygen atoms in total. The highest BCUT2D eigenvalue weighted by atomic mass is 19.1. The van der Waals surface area contributed by atoms with Gasteiger partial charge in [-0.2, -0.15) is 10.4 Å². The molecule has 86 valence electrons. The molecule has 1 heterocycles. The van der Waals surface area contributed by atoms with Crippen molar-refractivity contribution in [3.8, 4) is 17.2 Å². The molecule has 0 fully saturated rings. The van der Waals surface area contributed by atoms with Gasteiger partial charge in [-0.05, 0) is 26.0 Å². The second-order valence-corrected chi connectivity index (χ2v) is 4.11. The fourth-order valence-electron chi connectivity index (χ4n) is 1.58. The van der Waals surface area contributed by atoms with Crippen LogP contribution in [0, 0.1) is 17.1 Å². The Bertz CT molecular complexity index is 579. The third-order valence-electron chi connectivity index (χ3n) is 2.54. The summed E-state index contributed by atoms with van der Waals surface area (Å²) in [6, 6.07) is 6.60. The van der Waals surface area contributed by atoms with Gasteiger partial charge in [0.2, 0.25) is 0 Å². The highest BCUT2D eigenvalue weighted by Gasteiger charge is 2.09. The molecule has 0 N–H and O–H groups in total. The number of hydrogen-bond donors (Lipinski definition) is 0. The predicted octanol–water partition coefficient (Wildman–Crippen LogP) is 3.14. The van der Waals surface area contributed by atoms with Crippen molar-refractivity contribution in [1.82, 2.24) is 9.78 Å². The van der Waals surface area contributed by atoms with Crippen LogP contribution in [0.1, 0.15) is 25.5 Å². The van der Waals surface area contributed by atoms with Gasteiger partial charge in [0, 0.05) is 23.4 Å². The Kier molecular flexibility index (Phi) is 2.92. The van der Waals surface area contributed by atoms with E-state index in [1.807, 2.05) is 19.9 Å². The van der Waals surface area contributed by atoms with Crippen LogP contribution in [0.4, 0.5) is 4.39 Å². The third-order valence-corrected chi connectivity index (χ3v) is 2.54. The van der Waals surface area contributed by atoms with Gasteiger partial charge < -0.3 is 0 Å². The molecule has 17 heavy (non-hydrogen) atoms. The van der Waals surface area contributed by atoms with Gasteiger partial charge in [0.25, 0.3) is 0 Å². The van der Waals surface area contributed by atoms with Crippen LogP contribution < -0.4 is 0 Å². The molecule has 0 aliphatic carbocycles. The van der Waals surface area contributed by atoms with Gasteiger partial charge >= 0.3 is 0 Å². The van der Waals surface area contributed by atoms with Gasteiger partial charge in [-0.3, -0.25) is 4.68 Å². The van der Waals surface area contributed by atoms with Crippen molar-refractivity contribution in [2.24, 2.45) is 0 Å². The molecule has 2 aromatic rings. The summed E-state index contributed by atoms with van der Waals surface area (Å²) in [7, 11) is 0. The summed E-state index contributed by atoms with van der Waals surface area (Å²) in [6.45, 7) is 4.01. The van der Waals surface area contributed by atoms with E-state index < -0.39 is 5.82 Å². The van der Waals surface area contributed by atoms with Crippen molar-refractivity contribution in [3.05, 3.63) is 42.0 Å². The van der Waals surface area contributed by atoms with E-state index in [1.54, 1.807) is 29.2 Å². The lowest BCUT2D eigenvalue weighted by Gasteiger charge is -2.03. The first-order chi connectivity index (χ1) is 8.11. The van der Waals surface area contributed by atoms with Gasteiger partial charge in [0.15, 0.2) is 0 Å². The van der Waals surface area contributed by atoms with Crippen LogP contribution in [0.2, 0.25) is 0 Å². The second kappa shape index (κ2) is 4.38. The van der Waals surface area contributed by atoms with E-state index in [4.69, 9.17) is 5.26 Å². The molecule has 0 aliphatic rings. The largest absolute Gasteiger partial charge is 0.270 e. The van der Waals surface area contributed by atoms with Gasteiger partial charge in [-0.15, -0.1) is 0 Å². The van der Waals surface area contributed by atoms with Crippen molar-refractivity contribution < 1.29 is 4.39 Å². The van der Waals surface area contributed by atoms with Crippen LogP contribution in [0.5, 0.6) is 0 Å². The first-order valence-electron chi connectivity index (χ1n) is 5.36. The molecule has 0 spiro atoms. The molecule has 0 bridgehead atoms. The van der Waals surface area contributed by atoms with Crippen LogP contribution in [-0.2, 0) is 0 Å². The summed E-state index contributed by atoms with van der Waals surface area (Å²) < 4.78 is 15.5. The Labute approximate surface area is 99.1 Å². The molecule has 0 saturated heterocycles. The maximum absolute atomic E-state index is 13.7. The SMILES string of the molecule is CC(C)n1cc(-c2ccc(C#N)cc2F)cn1. The van der Waals surface area contributed by atoms with Gasteiger partial charge in [-0.25, -0.2) is 4.39 Å². The van der Waals surface area contributed by atoms with E-state index in [-0.39, 0.29) is 6.04 Å². The van der Waals surface area contributed by atoms with Crippen LogP contribution in [0.25, 0.3) is 11.1 Å². The number of nitriles is 1. The van der Waals surface area contributed by atoms with Crippen LogP contribution in [0.15, 0.2) is 30.6 Å². The summed E-state index contributed by atoms with van der Waals surface area (Å²) in [5, 5.41) is 12.8. The monoisotopic (exact) mass is 229 g/mol. The molecular weight excluding hydrogens is 217 g/mol. The fourth-order valence-corrected chi connectivity index (χ4v) is 1.58. The fraction of sp³-hybridized carbons (Fsp3) is 0.231. The molecular formula is C13H12FN3. The topological polar surface area (TPSA) is 41.6 Å². The molecule has 0 aliphatic heterocycles. The molecule has 0 unspecified atom stereocenters. The lowest BCUT2D eigenvalue weighted by atomic mass is 10.1. The summed E-state index contributed by atoms with van der Waals surface area (Å²) in [4.78, 5) is 0. The summed E-state index contributed by atoms with van der Waals surface area (Å²) in [5.74, 6) is -0.396. The van der Waals surface area contributed by atoms with E-state index >= 15 is 0 Å². The zero-order valence-electron chi connectivity index (χ0n) is 9.68. The molecule has 0 atom stereocenters. The first kappa shape index (κ1) is 11.3. The molecule has 2 rings (SSSR count). The first-order valence-corrected chi connectivity index (χ1v) is 5.36. The predicted molar refractivity (Wildman–Crippen MR) is 62.7 cm³/mol. The number of aromatic nitrogens is 2. The number of nitrogens with zero attached hydrogens (tertiary/aromatic N) is 3. The molecule has 0 amide bonds. The second-order valence-electron chi connectivity index (χ2n) is 4.11. The lowest BCUT2D eigenvalue weighted by molar-refractivity contribution is 0.532. The van der Waals surface area contributed by atoms with Crippen LogP contribution >= 0.6 is 0 Å². The molecule has 1 aromatic carbocycles. The Morgan fingerprint density at radius 1 is 1.41 bits per heavy atom. The zero-order chi connectivity index (χ0) is 12.4. The highest BCUT2D eigenvalue weighted by Crippen LogP contribution is 2.23. The number of hydrogen-bond acceptors (Lipinski definition) is 2. The smallest absolute Gasteiger partial charge is 0.132 e. The maximum atomic E-state index is 13.7. The normalized spacial score (nSPS) is 10.5. The van der Waals surface area contributed by atoms with Crippen molar-refractivity contribution in [3.63, 3.8) is 0 Å². The van der Waals surface area contributed by atoms with Gasteiger partial charge in [0.1, 0.15) is 5.82 Å². The Morgan fingerprint density at radius 2 is 2.18 bits per heavy atom. The minimum absolute atomic E-state index is 0.241. The minimum Gasteiger partial charge on any atom is -0.270 e. The standard InChI is InChI=1S/C13H12FN3/c1-9(2)17-8-11(7-16-17)12-4-3-10(6-15)5-13(12)14/h3-5,7-9H,1-2H3. The van der Waals surface area contributed by atoms with Crippen molar-refractivity contribution in [1.29, 1.82) is 5.26 Å². The molecule has 0 radical (unpaired) electrons. The quantitative estimate of drug-likeness (QED) is 0.793. The van der Waals surface area contributed by atoms with Crippen molar-refractivity contribution in [2.45, 2.75) is 19.9 Å². The summed E-state index contributed by atoms with van der Waals surface area (Å²) >= 11 is 0. The van der Waals surface area contributed by atoms with E-state index in [0.29, 0.717) is 11.1 Å². The number of halogens is 1. The van der Waals surface area contributed by atoms with Gasteiger partial charge in [-0.1, -0.05) is 6.07 Å². The highest BCUT2D eigenvalue weighted by molar-refractivity contribution is 5.63. The molecule has 0 saturated carbocycles. The maximum Gasteiger partial charge on any atom is 0.132 e. The van der Waals surface area contributed by atoms with E-state index in [0.717, 1.165) is 5.56 Å². The zero-order valence-corrected chi connectivity index (χ0v) is 9.68. The third kappa shape index (κ3) is 2.18. The minimum atomic E-state index is -0.396. The lowest BCUT2D eigenvalue weighted by Crippen LogP contribution is -1.99. The number of benzene rings is 1. The van der Waals surface area contributed by atoms with Crippen LogP contribution in [0.3, 0.4) is 0 Å². The van der Waals surface area contributed by atoms with Gasteiger partial charge in [0.05, 0.1) is 17.8 Å². The average Bonchev–Trinajstić information content (AvgIpc) is 2.78. The average molecular weight is 229 g/mol. The van der Waals surface area contributed by atoms with Crippen LogP contribution in [-0.4, -0.2) is 9.78 Å². The van der Waals surface area contributed by atoms with Crippen molar-refractivity contribution >= 4 is 0 Å². The Balaban J connectivity index is 2.43. The molecule has 1 aromatic heterocycles.